The third kappa shape index (κ3) is 8.43. The van der Waals surface area contributed by atoms with Crippen molar-refractivity contribution in [3.05, 3.63) is 111 Å². The van der Waals surface area contributed by atoms with E-state index in [1.54, 1.807) is 30.3 Å². The first-order chi connectivity index (χ1) is 20.2. The van der Waals surface area contributed by atoms with Gasteiger partial charge in [0.25, 0.3) is 0 Å². The van der Waals surface area contributed by atoms with E-state index in [0.717, 1.165) is 17.7 Å². The fourth-order valence-corrected chi connectivity index (χ4v) is 4.53. The lowest BCUT2D eigenvalue weighted by Crippen LogP contribution is -2.16. The van der Waals surface area contributed by atoms with Crippen LogP contribution in [0.1, 0.15) is 56.6 Å². The molecule has 0 amide bonds. The Bertz CT molecular complexity index is 1570. The molecule has 224 valence electrons. The maximum absolute atomic E-state index is 13.2. The first kappa shape index (κ1) is 31.3. The van der Waals surface area contributed by atoms with Gasteiger partial charge in [0.1, 0.15) is 12.4 Å². The van der Waals surface area contributed by atoms with Crippen LogP contribution in [0.5, 0.6) is 5.75 Å². The molecule has 0 spiro atoms. The third-order valence-corrected chi connectivity index (χ3v) is 6.72. The van der Waals surface area contributed by atoms with Crippen molar-refractivity contribution in [3.8, 4) is 5.75 Å². The minimum absolute atomic E-state index is 0.0354. The van der Waals surface area contributed by atoms with E-state index < -0.39 is 35.2 Å². The number of alkyl halides is 6. The van der Waals surface area contributed by atoms with E-state index in [1.165, 1.54) is 18.2 Å². The van der Waals surface area contributed by atoms with E-state index in [0.29, 0.717) is 41.9 Å². The lowest BCUT2D eigenvalue weighted by atomic mass is 9.85. The van der Waals surface area contributed by atoms with E-state index in [9.17, 15) is 40.7 Å². The molecule has 0 saturated heterocycles. The van der Waals surface area contributed by atoms with Crippen LogP contribution in [0.15, 0.2) is 72.3 Å². The standard InChI is InChI=1S/C32H24F6O5/c33-31(34,35)24-14-21(15-25(17-24)32(36,37)38)13-23-8-7-22-16-27(10-11-28(22)30(23)42)43-18-26(39)9-5-19-1-3-20(4-2-19)6-12-29(40)41/h1-4,6,10-17H,5,7-9,18H2,(H,40,41)/b12-6+,23-13+. The van der Waals surface area contributed by atoms with Gasteiger partial charge in [0.2, 0.25) is 0 Å². The molecule has 0 aromatic heterocycles. The largest absolute Gasteiger partial charge is 0.486 e. The summed E-state index contributed by atoms with van der Waals surface area (Å²) in [6.45, 7) is -0.214. The Balaban J connectivity index is 1.38. The number of aryl methyl sites for hydroxylation is 2. The predicted octanol–water partition coefficient (Wildman–Crippen LogP) is 7.62. The lowest BCUT2D eigenvalue weighted by Gasteiger charge is -2.19. The molecule has 4 rings (SSSR count). The molecule has 0 aliphatic heterocycles. The second-order valence-corrected chi connectivity index (χ2v) is 9.90. The number of carbonyl (C=O) groups is 3. The minimum Gasteiger partial charge on any atom is -0.486 e. The van der Waals surface area contributed by atoms with Crippen molar-refractivity contribution < 1.29 is 50.6 Å². The molecule has 0 heterocycles. The van der Waals surface area contributed by atoms with Crippen molar-refractivity contribution in [2.45, 2.75) is 38.0 Å². The van der Waals surface area contributed by atoms with Gasteiger partial charge in [-0.1, -0.05) is 24.3 Å². The van der Waals surface area contributed by atoms with Crippen molar-refractivity contribution in [1.82, 2.24) is 0 Å². The van der Waals surface area contributed by atoms with Crippen molar-refractivity contribution in [2.24, 2.45) is 0 Å². The molecule has 1 aliphatic carbocycles. The molecular weight excluding hydrogens is 578 g/mol. The van der Waals surface area contributed by atoms with Crippen LogP contribution < -0.4 is 4.74 Å². The Hall–Kier alpha value is -4.67. The van der Waals surface area contributed by atoms with E-state index >= 15 is 0 Å². The van der Waals surface area contributed by atoms with Crippen LogP contribution in [0, 0.1) is 0 Å². The number of rotatable bonds is 9. The summed E-state index contributed by atoms with van der Waals surface area (Å²) in [4.78, 5) is 36.0. The molecule has 3 aromatic rings. The molecule has 0 bridgehead atoms. The number of benzene rings is 3. The lowest BCUT2D eigenvalue weighted by molar-refractivity contribution is -0.143. The Morgan fingerprint density at radius 1 is 0.837 bits per heavy atom. The SMILES string of the molecule is O=C(O)/C=C/c1ccc(CCC(=O)COc2ccc3c(c2)CC/C(=C\c2cc(C(F)(F)F)cc(C(F)(F)F)c2)C3=O)cc1. The molecule has 5 nitrogen and oxygen atoms in total. The number of ketones is 2. The molecule has 43 heavy (non-hydrogen) atoms. The summed E-state index contributed by atoms with van der Waals surface area (Å²) in [5, 5.41) is 8.68. The highest BCUT2D eigenvalue weighted by atomic mass is 19.4. The number of carboxylic acids is 1. The zero-order valence-corrected chi connectivity index (χ0v) is 22.4. The van der Waals surface area contributed by atoms with Gasteiger partial charge in [0.05, 0.1) is 11.1 Å². The van der Waals surface area contributed by atoms with Crippen LogP contribution in [-0.2, 0) is 34.8 Å². The van der Waals surface area contributed by atoms with Crippen molar-refractivity contribution in [2.75, 3.05) is 6.61 Å². The van der Waals surface area contributed by atoms with Crippen LogP contribution in [0.25, 0.3) is 12.2 Å². The third-order valence-electron chi connectivity index (χ3n) is 6.72. The highest BCUT2D eigenvalue weighted by molar-refractivity contribution is 6.13. The van der Waals surface area contributed by atoms with Gasteiger partial charge < -0.3 is 9.84 Å². The Kier molecular flexibility index (Phi) is 9.22. The number of ether oxygens (including phenoxy) is 1. The van der Waals surface area contributed by atoms with Crippen molar-refractivity contribution in [3.63, 3.8) is 0 Å². The maximum atomic E-state index is 13.2. The number of Topliss-reactive ketones (excluding diaryl/α,β-unsaturated/α-hetero) is 2. The average Bonchev–Trinajstić information content (AvgIpc) is 2.94. The second-order valence-electron chi connectivity index (χ2n) is 9.90. The summed E-state index contributed by atoms with van der Waals surface area (Å²) >= 11 is 0. The fourth-order valence-electron chi connectivity index (χ4n) is 4.53. The predicted molar refractivity (Wildman–Crippen MR) is 145 cm³/mol. The van der Waals surface area contributed by atoms with Gasteiger partial charge >= 0.3 is 18.3 Å². The van der Waals surface area contributed by atoms with E-state index in [4.69, 9.17) is 9.84 Å². The summed E-state index contributed by atoms with van der Waals surface area (Å²) < 4.78 is 84.9. The second kappa shape index (κ2) is 12.7. The number of carbonyl (C=O) groups excluding carboxylic acids is 2. The van der Waals surface area contributed by atoms with Gasteiger partial charge in [-0.3, -0.25) is 9.59 Å². The van der Waals surface area contributed by atoms with Gasteiger partial charge in [-0.15, -0.1) is 0 Å². The molecule has 1 aliphatic rings. The maximum Gasteiger partial charge on any atom is 0.416 e. The summed E-state index contributed by atoms with van der Waals surface area (Å²) in [5.41, 5.74) is -0.787. The number of fused-ring (bicyclic) bond motifs is 1. The first-order valence-corrected chi connectivity index (χ1v) is 13.0. The molecular formula is C32H24F6O5. The molecule has 3 aromatic carbocycles. The van der Waals surface area contributed by atoms with Crippen LogP contribution in [-0.4, -0.2) is 29.2 Å². The number of carboxylic acid groups (broad SMARTS) is 1. The summed E-state index contributed by atoms with van der Waals surface area (Å²) in [6, 6.07) is 12.8. The molecule has 11 heteroatoms. The van der Waals surface area contributed by atoms with Gasteiger partial charge in [-0.25, -0.2) is 4.79 Å². The van der Waals surface area contributed by atoms with Crippen molar-refractivity contribution in [1.29, 1.82) is 0 Å². The smallest absolute Gasteiger partial charge is 0.416 e. The van der Waals surface area contributed by atoms with E-state index in [1.807, 2.05) is 0 Å². The summed E-state index contributed by atoms with van der Waals surface area (Å²) in [7, 11) is 0. The molecule has 0 radical (unpaired) electrons. The Morgan fingerprint density at radius 3 is 2.09 bits per heavy atom. The van der Waals surface area contributed by atoms with Crippen LogP contribution in [0.2, 0.25) is 0 Å². The molecule has 0 unspecified atom stereocenters. The number of halogens is 6. The molecule has 0 atom stereocenters. The number of hydrogen-bond acceptors (Lipinski definition) is 4. The minimum atomic E-state index is -5.00. The summed E-state index contributed by atoms with van der Waals surface area (Å²) in [6.07, 6.45) is -5.41. The Morgan fingerprint density at radius 2 is 1.49 bits per heavy atom. The topological polar surface area (TPSA) is 80.7 Å². The van der Waals surface area contributed by atoms with Crippen LogP contribution in [0.3, 0.4) is 0 Å². The molecule has 0 fully saturated rings. The van der Waals surface area contributed by atoms with E-state index in [-0.39, 0.29) is 48.0 Å². The quantitative estimate of drug-likeness (QED) is 0.201. The van der Waals surface area contributed by atoms with Gasteiger partial charge in [-0.2, -0.15) is 26.3 Å². The number of hydrogen-bond donors (Lipinski definition) is 1. The number of allylic oxidation sites excluding steroid dienone is 1. The van der Waals surface area contributed by atoms with Crippen molar-refractivity contribution >= 4 is 29.7 Å². The zero-order chi connectivity index (χ0) is 31.4. The monoisotopic (exact) mass is 602 g/mol. The van der Waals surface area contributed by atoms with Crippen LogP contribution in [0.4, 0.5) is 26.3 Å². The number of aliphatic carboxylic acids is 1. The van der Waals surface area contributed by atoms with Gasteiger partial charge in [0, 0.05) is 23.6 Å². The Labute approximate surface area is 242 Å². The average molecular weight is 603 g/mol. The highest BCUT2D eigenvalue weighted by Crippen LogP contribution is 2.37. The first-order valence-electron chi connectivity index (χ1n) is 13.0. The molecule has 0 saturated carbocycles. The van der Waals surface area contributed by atoms with Crippen LogP contribution >= 0.6 is 0 Å². The normalized spacial score (nSPS) is 14.7. The van der Waals surface area contributed by atoms with E-state index in [2.05, 4.69) is 0 Å². The highest BCUT2D eigenvalue weighted by Gasteiger charge is 2.37. The zero-order valence-electron chi connectivity index (χ0n) is 22.4. The molecule has 1 N–H and O–H groups in total. The van der Waals surface area contributed by atoms with Gasteiger partial charge in [-0.05, 0) is 90.1 Å². The summed E-state index contributed by atoms with van der Waals surface area (Å²) in [5.74, 6) is -1.40. The van der Waals surface area contributed by atoms with Gasteiger partial charge in [0.15, 0.2) is 11.6 Å². The fraction of sp³-hybridized carbons (Fsp3) is 0.219.